The third kappa shape index (κ3) is 3.73. The molecule has 94 valence electrons. The van der Waals surface area contributed by atoms with Gasteiger partial charge in [0.1, 0.15) is 5.75 Å². The lowest BCUT2D eigenvalue weighted by atomic mass is 10.1. The molecule has 1 N–H and O–H groups in total. The van der Waals surface area contributed by atoms with Gasteiger partial charge in [0.05, 0.1) is 5.56 Å². The van der Waals surface area contributed by atoms with Gasteiger partial charge in [-0.2, -0.15) is 0 Å². The van der Waals surface area contributed by atoms with E-state index in [4.69, 9.17) is 0 Å². The number of carbonyl (C=O) groups is 1. The van der Waals surface area contributed by atoms with E-state index in [1.807, 2.05) is 6.92 Å². The summed E-state index contributed by atoms with van der Waals surface area (Å²) in [6.45, 7) is 5.43. The van der Waals surface area contributed by atoms with Gasteiger partial charge in [-0.3, -0.25) is 4.79 Å². The van der Waals surface area contributed by atoms with Crippen molar-refractivity contribution in [3.05, 3.63) is 28.2 Å². The zero-order valence-electron chi connectivity index (χ0n) is 10.2. The number of phenolic OH excluding ortho intramolecular Hbond substituents is 1. The molecule has 0 saturated heterocycles. The minimum Gasteiger partial charge on any atom is -0.507 e. The van der Waals surface area contributed by atoms with E-state index >= 15 is 0 Å². The van der Waals surface area contributed by atoms with Gasteiger partial charge in [-0.25, -0.2) is 0 Å². The van der Waals surface area contributed by atoms with Crippen LogP contribution < -0.4 is 0 Å². The molecule has 0 bridgehead atoms. The summed E-state index contributed by atoms with van der Waals surface area (Å²) in [5, 5.41) is 9.71. The second-order valence-electron chi connectivity index (χ2n) is 3.90. The smallest absolute Gasteiger partial charge is 0.257 e. The molecule has 1 amide bonds. The summed E-state index contributed by atoms with van der Waals surface area (Å²) in [6.07, 6.45) is 2.03. The summed E-state index contributed by atoms with van der Waals surface area (Å²) in [4.78, 5) is 14.0. The van der Waals surface area contributed by atoms with Crippen molar-refractivity contribution < 1.29 is 9.90 Å². The van der Waals surface area contributed by atoms with E-state index in [9.17, 15) is 9.90 Å². The Morgan fingerprint density at radius 1 is 1.41 bits per heavy atom. The summed E-state index contributed by atoms with van der Waals surface area (Å²) >= 11 is 3.31. The lowest BCUT2D eigenvalue weighted by Crippen LogP contribution is -2.31. The van der Waals surface area contributed by atoms with Gasteiger partial charge in [0.2, 0.25) is 0 Å². The van der Waals surface area contributed by atoms with Crippen LogP contribution in [0.3, 0.4) is 0 Å². The highest BCUT2D eigenvalue weighted by atomic mass is 79.9. The fourth-order valence-electron chi connectivity index (χ4n) is 1.60. The van der Waals surface area contributed by atoms with Gasteiger partial charge < -0.3 is 10.0 Å². The average Bonchev–Trinajstić information content (AvgIpc) is 2.33. The molecule has 0 radical (unpaired) electrons. The standard InChI is InChI=1S/C13H18BrNO2/c1-3-5-8-15(4-2)13(17)11-9-10(14)6-7-12(11)16/h6-7,9,16H,3-5,8H2,1-2H3. The van der Waals surface area contributed by atoms with Crippen LogP contribution in [0.2, 0.25) is 0 Å². The van der Waals surface area contributed by atoms with Crippen molar-refractivity contribution >= 4 is 21.8 Å². The molecule has 0 aliphatic heterocycles. The van der Waals surface area contributed by atoms with Gasteiger partial charge in [0.25, 0.3) is 5.91 Å². The largest absolute Gasteiger partial charge is 0.507 e. The molecule has 3 nitrogen and oxygen atoms in total. The van der Waals surface area contributed by atoms with Crippen LogP contribution in [-0.2, 0) is 0 Å². The Labute approximate surface area is 111 Å². The van der Waals surface area contributed by atoms with Crippen molar-refractivity contribution in [1.82, 2.24) is 4.90 Å². The zero-order valence-corrected chi connectivity index (χ0v) is 11.8. The van der Waals surface area contributed by atoms with Crippen molar-refractivity contribution in [3.63, 3.8) is 0 Å². The molecule has 0 aliphatic rings. The van der Waals surface area contributed by atoms with Gasteiger partial charge in [-0.05, 0) is 31.5 Å². The Balaban J connectivity index is 2.89. The Morgan fingerprint density at radius 3 is 2.71 bits per heavy atom. The maximum absolute atomic E-state index is 12.2. The lowest BCUT2D eigenvalue weighted by molar-refractivity contribution is 0.0759. The molecular formula is C13H18BrNO2. The molecule has 0 atom stereocenters. The first kappa shape index (κ1) is 14.0. The molecule has 17 heavy (non-hydrogen) atoms. The van der Waals surface area contributed by atoms with Crippen molar-refractivity contribution in [2.75, 3.05) is 13.1 Å². The first-order chi connectivity index (χ1) is 8.10. The normalized spacial score (nSPS) is 10.3. The molecule has 1 rings (SSSR count). The monoisotopic (exact) mass is 299 g/mol. The number of rotatable bonds is 5. The third-order valence-corrected chi connectivity index (χ3v) is 3.13. The molecule has 4 heteroatoms. The zero-order chi connectivity index (χ0) is 12.8. The van der Waals surface area contributed by atoms with E-state index in [2.05, 4.69) is 22.9 Å². The quantitative estimate of drug-likeness (QED) is 0.905. The number of phenols is 1. The van der Waals surface area contributed by atoms with Gasteiger partial charge in [0.15, 0.2) is 0 Å². The average molecular weight is 300 g/mol. The van der Waals surface area contributed by atoms with Crippen LogP contribution in [0.15, 0.2) is 22.7 Å². The first-order valence-corrected chi connectivity index (χ1v) is 6.67. The van der Waals surface area contributed by atoms with Crippen molar-refractivity contribution in [3.8, 4) is 5.75 Å². The number of hydrogen-bond donors (Lipinski definition) is 1. The van der Waals surface area contributed by atoms with Crippen LogP contribution in [0.5, 0.6) is 5.75 Å². The maximum atomic E-state index is 12.2. The van der Waals surface area contributed by atoms with Crippen molar-refractivity contribution in [1.29, 1.82) is 0 Å². The summed E-state index contributed by atoms with van der Waals surface area (Å²) in [6, 6.07) is 4.91. The number of unbranched alkanes of at least 4 members (excludes halogenated alkanes) is 1. The predicted octanol–water partition coefficient (Wildman–Crippen LogP) is 3.42. The van der Waals surface area contributed by atoms with Crippen LogP contribution in [0, 0.1) is 0 Å². The number of halogens is 1. The van der Waals surface area contributed by atoms with E-state index in [0.717, 1.165) is 23.9 Å². The Hall–Kier alpha value is -1.03. The van der Waals surface area contributed by atoms with Gasteiger partial charge >= 0.3 is 0 Å². The summed E-state index contributed by atoms with van der Waals surface area (Å²) in [7, 11) is 0. The van der Waals surface area contributed by atoms with Crippen LogP contribution in [0.25, 0.3) is 0 Å². The lowest BCUT2D eigenvalue weighted by Gasteiger charge is -2.21. The van der Waals surface area contributed by atoms with E-state index in [0.29, 0.717) is 12.1 Å². The van der Waals surface area contributed by atoms with E-state index in [1.165, 1.54) is 6.07 Å². The van der Waals surface area contributed by atoms with Crippen molar-refractivity contribution in [2.24, 2.45) is 0 Å². The maximum Gasteiger partial charge on any atom is 0.257 e. The number of carbonyl (C=O) groups excluding carboxylic acids is 1. The minimum absolute atomic E-state index is 0.0353. The molecule has 0 aliphatic carbocycles. The molecule has 0 aromatic heterocycles. The molecule has 1 aromatic rings. The third-order valence-electron chi connectivity index (χ3n) is 2.64. The number of nitrogens with zero attached hydrogens (tertiary/aromatic N) is 1. The van der Waals surface area contributed by atoms with Crippen LogP contribution in [0.1, 0.15) is 37.0 Å². The summed E-state index contributed by atoms with van der Waals surface area (Å²) < 4.78 is 0.796. The number of hydrogen-bond acceptors (Lipinski definition) is 2. The minimum atomic E-state index is -0.111. The van der Waals surface area contributed by atoms with Crippen LogP contribution >= 0.6 is 15.9 Å². The van der Waals surface area contributed by atoms with Gasteiger partial charge in [0, 0.05) is 17.6 Å². The Morgan fingerprint density at radius 2 is 2.12 bits per heavy atom. The molecule has 0 fully saturated rings. The Kier molecular flexibility index (Phi) is 5.48. The molecule has 1 aromatic carbocycles. The summed E-state index contributed by atoms with van der Waals surface area (Å²) in [5.41, 5.74) is 0.359. The number of amides is 1. The molecule has 0 heterocycles. The van der Waals surface area contributed by atoms with Crippen molar-refractivity contribution in [2.45, 2.75) is 26.7 Å². The second-order valence-corrected chi connectivity index (χ2v) is 4.82. The number of aromatic hydroxyl groups is 1. The highest BCUT2D eigenvalue weighted by Gasteiger charge is 2.17. The van der Waals surface area contributed by atoms with Gasteiger partial charge in [-0.1, -0.05) is 29.3 Å². The highest BCUT2D eigenvalue weighted by Crippen LogP contribution is 2.23. The Bertz CT molecular complexity index is 393. The van der Waals surface area contributed by atoms with Gasteiger partial charge in [-0.15, -0.1) is 0 Å². The molecular weight excluding hydrogens is 282 g/mol. The SMILES string of the molecule is CCCCN(CC)C(=O)c1cc(Br)ccc1O. The van der Waals surface area contributed by atoms with Crippen LogP contribution in [0.4, 0.5) is 0 Å². The highest BCUT2D eigenvalue weighted by molar-refractivity contribution is 9.10. The van der Waals surface area contributed by atoms with E-state index in [-0.39, 0.29) is 11.7 Å². The second kappa shape index (κ2) is 6.64. The molecule has 0 unspecified atom stereocenters. The topological polar surface area (TPSA) is 40.5 Å². The fourth-order valence-corrected chi connectivity index (χ4v) is 1.96. The number of benzene rings is 1. The predicted molar refractivity (Wildman–Crippen MR) is 72.3 cm³/mol. The fraction of sp³-hybridized carbons (Fsp3) is 0.462. The first-order valence-electron chi connectivity index (χ1n) is 5.88. The molecule has 0 saturated carbocycles. The molecule has 0 spiro atoms. The van der Waals surface area contributed by atoms with Crippen LogP contribution in [-0.4, -0.2) is 29.0 Å². The summed E-state index contributed by atoms with van der Waals surface area (Å²) in [5.74, 6) is -0.0760. The van der Waals surface area contributed by atoms with E-state index in [1.54, 1.807) is 17.0 Å². The van der Waals surface area contributed by atoms with E-state index < -0.39 is 0 Å².